The molecule has 124 valence electrons. The summed E-state index contributed by atoms with van der Waals surface area (Å²) in [6.45, 7) is 0.391. The van der Waals surface area contributed by atoms with Gasteiger partial charge in [-0.3, -0.25) is 9.78 Å². The Labute approximate surface area is 144 Å². The van der Waals surface area contributed by atoms with Crippen LogP contribution in [-0.2, 0) is 24.7 Å². The topological polar surface area (TPSA) is 90.1 Å². The second kappa shape index (κ2) is 6.23. The molecule has 0 saturated carbocycles. The average molecular weight is 334 g/mol. The third-order valence-corrected chi connectivity index (χ3v) is 4.17. The Hall–Kier alpha value is -2.84. The van der Waals surface area contributed by atoms with E-state index in [-0.39, 0.29) is 18.0 Å². The Balaban J connectivity index is 1.58. The van der Waals surface area contributed by atoms with Gasteiger partial charge < -0.3 is 9.68 Å². The number of Topliss-reactive ketones (excluding diaryl/α,β-unsaturated/α-hetero) is 1. The van der Waals surface area contributed by atoms with E-state index in [0.29, 0.717) is 12.4 Å². The second-order valence-electron chi connectivity index (χ2n) is 5.92. The molecule has 0 bridgehead atoms. The molecule has 7 nitrogen and oxygen atoms in total. The number of aromatic nitrogens is 4. The summed E-state index contributed by atoms with van der Waals surface area (Å²) in [5.41, 5.74) is 3.23. The third-order valence-electron chi connectivity index (χ3n) is 4.17. The Kier molecular flexibility index (Phi) is 3.91. The number of ketones is 1. The van der Waals surface area contributed by atoms with Crippen molar-refractivity contribution >= 4 is 18.4 Å². The van der Waals surface area contributed by atoms with Crippen LogP contribution in [0.5, 0.6) is 0 Å². The summed E-state index contributed by atoms with van der Waals surface area (Å²) in [7, 11) is 0.775. The maximum atomic E-state index is 12.6. The van der Waals surface area contributed by atoms with Gasteiger partial charge in [-0.25, -0.2) is 9.67 Å². The molecular weight excluding hydrogens is 319 g/mol. The summed E-state index contributed by atoms with van der Waals surface area (Å²) in [5.74, 6) is 0.617. The summed E-state index contributed by atoms with van der Waals surface area (Å²) in [6, 6.07) is 9.20. The average Bonchev–Trinajstić information content (AvgIpc) is 3.19. The zero-order valence-electron chi connectivity index (χ0n) is 13.6. The standard InChI is InChI=1S/C17H15BN4O3/c1-22-17(20-16(21-22)12-3-2-6-19-9-12)15(23)8-11-4-5-13-10-25-18(24)14(13)7-11/h2-7,9,24H,8,10H2,1H3. The van der Waals surface area contributed by atoms with E-state index in [1.807, 2.05) is 24.3 Å². The van der Waals surface area contributed by atoms with Crippen LogP contribution in [0.2, 0.25) is 0 Å². The van der Waals surface area contributed by atoms with Gasteiger partial charge in [0.1, 0.15) is 0 Å². The molecular formula is C17H15BN4O3. The van der Waals surface area contributed by atoms with Crippen LogP contribution in [0.3, 0.4) is 0 Å². The lowest BCUT2D eigenvalue weighted by molar-refractivity contribution is 0.0979. The highest BCUT2D eigenvalue weighted by Gasteiger charge is 2.27. The lowest BCUT2D eigenvalue weighted by atomic mass is 9.78. The van der Waals surface area contributed by atoms with Crippen molar-refractivity contribution in [1.29, 1.82) is 0 Å². The Morgan fingerprint density at radius 1 is 1.40 bits per heavy atom. The zero-order chi connectivity index (χ0) is 17.4. The van der Waals surface area contributed by atoms with Gasteiger partial charge in [-0.15, -0.1) is 0 Å². The lowest BCUT2D eigenvalue weighted by Gasteiger charge is -2.04. The highest BCUT2D eigenvalue weighted by Crippen LogP contribution is 2.16. The highest BCUT2D eigenvalue weighted by molar-refractivity contribution is 6.61. The molecule has 1 aliphatic rings. The molecule has 8 heteroatoms. The summed E-state index contributed by atoms with van der Waals surface area (Å²) in [4.78, 5) is 21.0. The first-order chi connectivity index (χ1) is 12.1. The van der Waals surface area contributed by atoms with Crippen molar-refractivity contribution < 1.29 is 14.5 Å². The Morgan fingerprint density at radius 2 is 2.28 bits per heavy atom. The molecule has 25 heavy (non-hydrogen) atoms. The minimum atomic E-state index is -0.919. The number of carbonyl (C=O) groups is 1. The molecule has 0 aliphatic carbocycles. The first-order valence-corrected chi connectivity index (χ1v) is 7.88. The largest absolute Gasteiger partial charge is 0.491 e. The number of fused-ring (bicyclic) bond motifs is 1. The van der Waals surface area contributed by atoms with Crippen molar-refractivity contribution in [2.45, 2.75) is 13.0 Å². The molecule has 1 aromatic carbocycles. The fourth-order valence-electron chi connectivity index (χ4n) is 2.88. The Morgan fingerprint density at radius 3 is 3.08 bits per heavy atom. The number of rotatable bonds is 4. The first kappa shape index (κ1) is 15.7. The molecule has 0 fully saturated rings. The molecule has 0 unspecified atom stereocenters. The van der Waals surface area contributed by atoms with Gasteiger partial charge in [-0.1, -0.05) is 18.2 Å². The monoisotopic (exact) mass is 334 g/mol. The SMILES string of the molecule is Cn1nc(-c2cccnc2)nc1C(=O)Cc1ccc2c(c1)B(O)OC2. The highest BCUT2D eigenvalue weighted by atomic mass is 16.5. The van der Waals surface area contributed by atoms with Crippen molar-refractivity contribution in [1.82, 2.24) is 19.7 Å². The van der Waals surface area contributed by atoms with E-state index in [4.69, 9.17) is 4.65 Å². The van der Waals surface area contributed by atoms with E-state index >= 15 is 0 Å². The second-order valence-corrected chi connectivity index (χ2v) is 5.92. The van der Waals surface area contributed by atoms with Crippen LogP contribution in [0.15, 0.2) is 42.7 Å². The number of hydrogen-bond acceptors (Lipinski definition) is 6. The molecule has 2 aromatic heterocycles. The van der Waals surface area contributed by atoms with Gasteiger partial charge in [-0.05, 0) is 28.7 Å². The molecule has 0 amide bonds. The zero-order valence-corrected chi connectivity index (χ0v) is 13.6. The molecule has 4 rings (SSSR count). The molecule has 0 spiro atoms. The van der Waals surface area contributed by atoms with E-state index in [2.05, 4.69) is 15.1 Å². The van der Waals surface area contributed by atoms with Gasteiger partial charge in [-0.2, -0.15) is 5.10 Å². The quantitative estimate of drug-likeness (QED) is 0.553. The molecule has 0 saturated heterocycles. The minimum Gasteiger partial charge on any atom is -0.423 e. The van der Waals surface area contributed by atoms with Crippen LogP contribution in [0.1, 0.15) is 21.7 Å². The van der Waals surface area contributed by atoms with Crippen LogP contribution in [-0.4, -0.2) is 37.7 Å². The van der Waals surface area contributed by atoms with Crippen LogP contribution >= 0.6 is 0 Å². The minimum absolute atomic E-state index is 0.140. The first-order valence-electron chi connectivity index (χ1n) is 7.88. The summed E-state index contributed by atoms with van der Waals surface area (Å²) >= 11 is 0. The molecule has 3 heterocycles. The van der Waals surface area contributed by atoms with Gasteiger partial charge in [0.2, 0.25) is 5.78 Å². The molecule has 0 atom stereocenters. The fraction of sp³-hybridized carbons (Fsp3) is 0.176. The predicted octanol–water partition coefficient (Wildman–Crippen LogP) is 0.520. The van der Waals surface area contributed by atoms with Gasteiger partial charge in [0, 0.05) is 31.4 Å². The number of nitrogens with zero attached hydrogens (tertiary/aromatic N) is 4. The summed E-state index contributed by atoms with van der Waals surface area (Å²) in [6.07, 6.45) is 3.51. The van der Waals surface area contributed by atoms with Gasteiger partial charge in [0.25, 0.3) is 0 Å². The normalized spacial score (nSPS) is 13.1. The predicted molar refractivity (Wildman–Crippen MR) is 91.1 cm³/mol. The fourth-order valence-corrected chi connectivity index (χ4v) is 2.88. The van der Waals surface area contributed by atoms with Crippen LogP contribution < -0.4 is 5.46 Å². The van der Waals surface area contributed by atoms with Gasteiger partial charge in [0.05, 0.1) is 6.61 Å². The van der Waals surface area contributed by atoms with E-state index in [9.17, 15) is 9.82 Å². The number of aryl methyl sites for hydroxylation is 1. The van der Waals surface area contributed by atoms with Gasteiger partial charge >= 0.3 is 7.12 Å². The molecule has 3 aromatic rings. The molecule has 1 aliphatic heterocycles. The maximum absolute atomic E-state index is 12.6. The lowest BCUT2D eigenvalue weighted by Crippen LogP contribution is -2.28. The van der Waals surface area contributed by atoms with Crippen molar-refractivity contribution in [2.75, 3.05) is 0 Å². The van der Waals surface area contributed by atoms with Crippen LogP contribution in [0, 0.1) is 0 Å². The van der Waals surface area contributed by atoms with E-state index < -0.39 is 7.12 Å². The summed E-state index contributed by atoms with van der Waals surface area (Å²) < 4.78 is 6.66. The van der Waals surface area contributed by atoms with E-state index in [1.54, 1.807) is 25.5 Å². The van der Waals surface area contributed by atoms with Gasteiger partial charge in [0.15, 0.2) is 11.6 Å². The number of carbonyl (C=O) groups excluding carboxylic acids is 1. The number of hydrogen-bond donors (Lipinski definition) is 1. The van der Waals surface area contributed by atoms with Crippen LogP contribution in [0.25, 0.3) is 11.4 Å². The van der Waals surface area contributed by atoms with Crippen molar-refractivity contribution in [3.63, 3.8) is 0 Å². The molecule has 0 radical (unpaired) electrons. The third kappa shape index (κ3) is 2.97. The van der Waals surface area contributed by atoms with Crippen molar-refractivity contribution in [2.24, 2.45) is 7.05 Å². The van der Waals surface area contributed by atoms with E-state index in [0.717, 1.165) is 22.2 Å². The van der Waals surface area contributed by atoms with Crippen LogP contribution in [0.4, 0.5) is 0 Å². The number of pyridine rings is 1. The number of benzene rings is 1. The van der Waals surface area contributed by atoms with E-state index in [1.165, 1.54) is 4.68 Å². The van der Waals surface area contributed by atoms with Crippen molar-refractivity contribution in [3.8, 4) is 11.4 Å². The molecule has 1 N–H and O–H groups in total. The maximum Gasteiger partial charge on any atom is 0.491 e. The van der Waals surface area contributed by atoms with Crippen molar-refractivity contribution in [3.05, 3.63) is 59.7 Å². The summed E-state index contributed by atoms with van der Waals surface area (Å²) in [5, 5.41) is 14.1. The Bertz CT molecular complexity index is 942. The smallest absolute Gasteiger partial charge is 0.423 e.